The molecule has 1 aromatic heterocycles. The van der Waals surface area contributed by atoms with E-state index in [1.54, 1.807) is 0 Å². The normalized spacial score (nSPS) is 10.9. The molecule has 1 aromatic carbocycles. The number of halogens is 1. The Morgan fingerprint density at radius 2 is 2.13 bits per heavy atom. The minimum absolute atomic E-state index is 0.632. The number of aromatic nitrogens is 1. The molecule has 0 bridgehead atoms. The molecule has 2 rings (SSSR count). The molecule has 0 unspecified atom stereocenters. The molecular weight excluding hydrogens is 208 g/mol. The maximum atomic E-state index is 5.92. The third-order valence-corrected chi connectivity index (χ3v) is 2.69. The molecule has 2 aromatic rings. The van der Waals surface area contributed by atoms with Gasteiger partial charge in [-0.1, -0.05) is 11.6 Å². The maximum absolute atomic E-state index is 5.92. The standard InChI is InChI=1S/C12H13ClN2/c1-8-6-9-7-10(13)2-3-12(9)15-11(8)4-5-14/h2-3,6-7H,4-5,14H2,1H3. The van der Waals surface area contributed by atoms with Crippen LogP contribution in [0.1, 0.15) is 11.3 Å². The van der Waals surface area contributed by atoms with Crippen molar-refractivity contribution in [3.05, 3.63) is 40.5 Å². The topological polar surface area (TPSA) is 38.9 Å². The average Bonchev–Trinajstić information content (AvgIpc) is 2.20. The van der Waals surface area contributed by atoms with Gasteiger partial charge in [0.15, 0.2) is 0 Å². The Hall–Kier alpha value is -1.12. The summed E-state index contributed by atoms with van der Waals surface area (Å²) < 4.78 is 0. The summed E-state index contributed by atoms with van der Waals surface area (Å²) >= 11 is 5.92. The monoisotopic (exact) mass is 220 g/mol. The van der Waals surface area contributed by atoms with Gasteiger partial charge in [0, 0.05) is 22.5 Å². The van der Waals surface area contributed by atoms with Crippen LogP contribution in [0.3, 0.4) is 0 Å². The zero-order chi connectivity index (χ0) is 10.8. The van der Waals surface area contributed by atoms with E-state index in [1.807, 2.05) is 18.2 Å². The number of rotatable bonds is 2. The SMILES string of the molecule is Cc1cc2cc(Cl)ccc2nc1CCN. The minimum Gasteiger partial charge on any atom is -0.330 e. The Bertz CT molecular complexity index is 494. The Morgan fingerprint density at radius 1 is 1.33 bits per heavy atom. The highest BCUT2D eigenvalue weighted by Crippen LogP contribution is 2.20. The van der Waals surface area contributed by atoms with Crippen molar-refractivity contribution in [3.8, 4) is 0 Å². The molecule has 1 heterocycles. The summed E-state index contributed by atoms with van der Waals surface area (Å²) in [5, 5.41) is 1.83. The first-order valence-electron chi connectivity index (χ1n) is 4.96. The van der Waals surface area contributed by atoms with Crippen molar-refractivity contribution in [3.63, 3.8) is 0 Å². The van der Waals surface area contributed by atoms with Crippen molar-refractivity contribution in [1.82, 2.24) is 4.98 Å². The lowest BCUT2D eigenvalue weighted by Gasteiger charge is -2.06. The van der Waals surface area contributed by atoms with Crippen LogP contribution in [0.4, 0.5) is 0 Å². The second kappa shape index (κ2) is 4.17. The van der Waals surface area contributed by atoms with Crippen molar-refractivity contribution in [2.75, 3.05) is 6.54 Å². The van der Waals surface area contributed by atoms with Gasteiger partial charge in [0.05, 0.1) is 5.52 Å². The van der Waals surface area contributed by atoms with E-state index in [-0.39, 0.29) is 0 Å². The Balaban J connectivity index is 2.60. The molecule has 78 valence electrons. The summed E-state index contributed by atoms with van der Waals surface area (Å²) in [4.78, 5) is 4.57. The van der Waals surface area contributed by atoms with Crippen molar-refractivity contribution in [1.29, 1.82) is 0 Å². The van der Waals surface area contributed by atoms with Crippen LogP contribution in [0, 0.1) is 6.92 Å². The van der Waals surface area contributed by atoms with Gasteiger partial charge >= 0.3 is 0 Å². The van der Waals surface area contributed by atoms with Gasteiger partial charge in [-0.25, -0.2) is 0 Å². The predicted octanol–water partition coefficient (Wildman–Crippen LogP) is 2.70. The number of nitrogens with zero attached hydrogens (tertiary/aromatic N) is 1. The molecule has 0 saturated heterocycles. The number of fused-ring (bicyclic) bond motifs is 1. The van der Waals surface area contributed by atoms with Crippen molar-refractivity contribution in [2.45, 2.75) is 13.3 Å². The summed E-state index contributed by atoms with van der Waals surface area (Å²) in [6.07, 6.45) is 0.824. The smallest absolute Gasteiger partial charge is 0.0706 e. The van der Waals surface area contributed by atoms with E-state index in [1.165, 1.54) is 5.56 Å². The molecule has 2 nitrogen and oxygen atoms in total. The summed E-state index contributed by atoms with van der Waals surface area (Å²) in [6, 6.07) is 7.85. The van der Waals surface area contributed by atoms with Crippen LogP contribution < -0.4 is 5.73 Å². The lowest BCUT2D eigenvalue weighted by molar-refractivity contribution is 0.919. The first kappa shape index (κ1) is 10.4. The van der Waals surface area contributed by atoms with Gasteiger partial charge in [0.25, 0.3) is 0 Å². The van der Waals surface area contributed by atoms with E-state index in [0.717, 1.165) is 28.0 Å². The maximum Gasteiger partial charge on any atom is 0.0706 e. The van der Waals surface area contributed by atoms with Crippen LogP contribution >= 0.6 is 11.6 Å². The fourth-order valence-corrected chi connectivity index (χ4v) is 1.86. The highest BCUT2D eigenvalue weighted by Gasteiger charge is 2.03. The summed E-state index contributed by atoms with van der Waals surface area (Å²) in [5.41, 5.74) is 8.77. The van der Waals surface area contributed by atoms with Gasteiger partial charge in [0.2, 0.25) is 0 Å². The lowest BCUT2D eigenvalue weighted by atomic mass is 10.1. The molecule has 0 fully saturated rings. The number of hydrogen-bond donors (Lipinski definition) is 1. The predicted molar refractivity (Wildman–Crippen MR) is 64.2 cm³/mol. The van der Waals surface area contributed by atoms with E-state index in [0.29, 0.717) is 6.54 Å². The second-order valence-corrected chi connectivity index (χ2v) is 4.06. The summed E-state index contributed by atoms with van der Waals surface area (Å²) in [5.74, 6) is 0. The first-order chi connectivity index (χ1) is 7.20. The van der Waals surface area contributed by atoms with Gasteiger partial charge in [-0.15, -0.1) is 0 Å². The number of hydrogen-bond acceptors (Lipinski definition) is 2. The molecule has 0 amide bonds. The Kier molecular flexibility index (Phi) is 2.89. The van der Waals surface area contributed by atoms with E-state index in [2.05, 4.69) is 18.0 Å². The van der Waals surface area contributed by atoms with Crippen molar-refractivity contribution >= 4 is 22.5 Å². The average molecular weight is 221 g/mol. The molecule has 0 aliphatic rings. The van der Waals surface area contributed by atoms with Crippen molar-refractivity contribution in [2.24, 2.45) is 5.73 Å². The number of nitrogens with two attached hydrogens (primary N) is 1. The van der Waals surface area contributed by atoms with Crippen LogP contribution in [0.25, 0.3) is 10.9 Å². The van der Waals surface area contributed by atoms with E-state index < -0.39 is 0 Å². The quantitative estimate of drug-likeness (QED) is 0.845. The molecule has 0 radical (unpaired) electrons. The van der Waals surface area contributed by atoms with Gasteiger partial charge in [-0.2, -0.15) is 0 Å². The molecule has 3 heteroatoms. The van der Waals surface area contributed by atoms with Crippen molar-refractivity contribution < 1.29 is 0 Å². The molecule has 0 aliphatic heterocycles. The molecule has 0 atom stereocenters. The zero-order valence-electron chi connectivity index (χ0n) is 8.63. The number of benzene rings is 1. The Morgan fingerprint density at radius 3 is 2.87 bits per heavy atom. The van der Waals surface area contributed by atoms with Crippen LogP contribution in [0.2, 0.25) is 5.02 Å². The van der Waals surface area contributed by atoms with Gasteiger partial charge in [-0.05, 0) is 43.3 Å². The number of pyridine rings is 1. The molecule has 15 heavy (non-hydrogen) atoms. The zero-order valence-corrected chi connectivity index (χ0v) is 9.38. The van der Waals surface area contributed by atoms with E-state index in [4.69, 9.17) is 17.3 Å². The first-order valence-corrected chi connectivity index (χ1v) is 5.34. The molecule has 2 N–H and O–H groups in total. The summed E-state index contributed by atoms with van der Waals surface area (Å²) in [7, 11) is 0. The second-order valence-electron chi connectivity index (χ2n) is 3.63. The van der Waals surface area contributed by atoms with E-state index in [9.17, 15) is 0 Å². The molecular formula is C12H13ClN2. The summed E-state index contributed by atoms with van der Waals surface area (Å²) in [6.45, 7) is 2.69. The van der Waals surface area contributed by atoms with Crippen LogP contribution in [-0.2, 0) is 6.42 Å². The lowest BCUT2D eigenvalue weighted by Crippen LogP contribution is -2.06. The fourth-order valence-electron chi connectivity index (χ4n) is 1.68. The number of aryl methyl sites for hydroxylation is 1. The molecule has 0 aliphatic carbocycles. The van der Waals surface area contributed by atoms with Crippen LogP contribution in [0.15, 0.2) is 24.3 Å². The highest BCUT2D eigenvalue weighted by atomic mass is 35.5. The largest absolute Gasteiger partial charge is 0.330 e. The molecule has 0 saturated carbocycles. The van der Waals surface area contributed by atoms with Crippen LogP contribution in [0.5, 0.6) is 0 Å². The third kappa shape index (κ3) is 2.11. The van der Waals surface area contributed by atoms with Gasteiger partial charge in [-0.3, -0.25) is 4.98 Å². The van der Waals surface area contributed by atoms with E-state index >= 15 is 0 Å². The van der Waals surface area contributed by atoms with Gasteiger partial charge in [0.1, 0.15) is 0 Å². The third-order valence-electron chi connectivity index (χ3n) is 2.45. The Labute approximate surface area is 94.1 Å². The minimum atomic E-state index is 0.632. The fraction of sp³-hybridized carbons (Fsp3) is 0.250. The highest BCUT2D eigenvalue weighted by molar-refractivity contribution is 6.31. The molecule has 0 spiro atoms. The van der Waals surface area contributed by atoms with Crippen LogP contribution in [-0.4, -0.2) is 11.5 Å². The van der Waals surface area contributed by atoms with Gasteiger partial charge < -0.3 is 5.73 Å².